The van der Waals surface area contributed by atoms with Gasteiger partial charge in [0.1, 0.15) is 0 Å². The van der Waals surface area contributed by atoms with Crippen LogP contribution in [-0.4, -0.2) is 11.3 Å². The van der Waals surface area contributed by atoms with Crippen molar-refractivity contribution in [3.63, 3.8) is 0 Å². The van der Waals surface area contributed by atoms with Crippen LogP contribution in [0.25, 0.3) is 21.5 Å². The Kier molecular flexibility index (Phi) is 4.44. The summed E-state index contributed by atoms with van der Waals surface area (Å²) in [5.41, 5.74) is 4.10. The molecule has 0 aliphatic heterocycles. The third-order valence-electron chi connectivity index (χ3n) is 4.10. The molecule has 2 nitrogen and oxygen atoms in total. The third-order valence-corrected chi connectivity index (χ3v) is 5.34. The van der Waals surface area contributed by atoms with Gasteiger partial charge < -0.3 is 4.98 Å². The second-order valence-electron chi connectivity index (χ2n) is 5.63. The molecule has 0 fully saturated rings. The number of aromatic nitrogens is 1. The molecule has 0 aliphatic rings. The summed E-state index contributed by atoms with van der Waals surface area (Å²) in [6, 6.07) is 10.7. The zero-order valence-electron chi connectivity index (χ0n) is 13.1. The summed E-state index contributed by atoms with van der Waals surface area (Å²) in [5, 5.41) is 1.05. The molecule has 0 amide bonds. The largest absolute Gasteiger partial charge is 0.353 e. The molecule has 0 unspecified atom stereocenters. The van der Waals surface area contributed by atoms with Crippen LogP contribution in [-0.2, 0) is 12.8 Å². The van der Waals surface area contributed by atoms with E-state index < -0.39 is 0 Å². The standard InChI is InChI=1S/C19H21NOS/c1-3-5-6-13-7-9-17-15(11-13)16(12-21)19(20-17)18-10-8-14(4-2)22-18/h7-12,20H,3-6H2,1-2H3. The minimum absolute atomic E-state index is 0.790. The van der Waals surface area contributed by atoms with Crippen molar-refractivity contribution in [1.82, 2.24) is 4.98 Å². The Morgan fingerprint density at radius 2 is 2.05 bits per heavy atom. The van der Waals surface area contributed by atoms with Crippen molar-refractivity contribution in [3.05, 3.63) is 46.3 Å². The van der Waals surface area contributed by atoms with Gasteiger partial charge in [-0.2, -0.15) is 0 Å². The first-order chi connectivity index (χ1) is 10.8. The van der Waals surface area contributed by atoms with Crippen LogP contribution in [0.5, 0.6) is 0 Å². The molecule has 0 saturated heterocycles. The van der Waals surface area contributed by atoms with E-state index in [0.717, 1.165) is 46.2 Å². The predicted molar refractivity (Wildman–Crippen MR) is 95.0 cm³/mol. The fourth-order valence-corrected chi connectivity index (χ4v) is 3.78. The van der Waals surface area contributed by atoms with Crippen molar-refractivity contribution in [1.29, 1.82) is 0 Å². The quantitative estimate of drug-likeness (QED) is 0.589. The highest BCUT2D eigenvalue weighted by atomic mass is 32.1. The Bertz CT molecular complexity index is 797. The molecule has 0 bridgehead atoms. The van der Waals surface area contributed by atoms with E-state index in [-0.39, 0.29) is 0 Å². The van der Waals surface area contributed by atoms with Gasteiger partial charge in [0, 0.05) is 21.3 Å². The van der Waals surface area contributed by atoms with Gasteiger partial charge in [0.15, 0.2) is 6.29 Å². The lowest BCUT2D eigenvalue weighted by Crippen LogP contribution is -1.85. The van der Waals surface area contributed by atoms with E-state index >= 15 is 0 Å². The Labute approximate surface area is 135 Å². The molecule has 2 aromatic heterocycles. The lowest BCUT2D eigenvalue weighted by Gasteiger charge is -2.00. The normalized spacial score (nSPS) is 11.2. The molecule has 114 valence electrons. The summed E-state index contributed by atoms with van der Waals surface area (Å²) in [4.78, 5) is 17.6. The zero-order valence-corrected chi connectivity index (χ0v) is 13.9. The number of aldehydes is 1. The summed E-state index contributed by atoms with van der Waals surface area (Å²) in [7, 11) is 0. The Morgan fingerprint density at radius 1 is 1.18 bits per heavy atom. The topological polar surface area (TPSA) is 32.9 Å². The number of carbonyl (C=O) groups is 1. The molecular formula is C19H21NOS. The van der Waals surface area contributed by atoms with Crippen LogP contribution in [0.2, 0.25) is 0 Å². The Balaban J connectivity index is 2.09. The molecule has 3 aromatic rings. The van der Waals surface area contributed by atoms with E-state index in [2.05, 4.69) is 49.2 Å². The predicted octanol–water partition coefficient (Wildman–Crippen LogP) is 5.61. The van der Waals surface area contributed by atoms with Crippen molar-refractivity contribution in [2.24, 2.45) is 0 Å². The number of rotatable bonds is 6. The number of nitrogens with one attached hydrogen (secondary N) is 1. The first-order valence-electron chi connectivity index (χ1n) is 7.95. The monoisotopic (exact) mass is 311 g/mol. The lowest BCUT2D eigenvalue weighted by atomic mass is 10.0. The second kappa shape index (κ2) is 6.49. The molecule has 0 saturated carbocycles. The molecule has 2 heterocycles. The summed E-state index contributed by atoms with van der Waals surface area (Å²) in [5.74, 6) is 0. The number of unbranched alkanes of at least 4 members (excludes halogenated alkanes) is 1. The van der Waals surface area contributed by atoms with E-state index in [0.29, 0.717) is 0 Å². The minimum Gasteiger partial charge on any atom is -0.353 e. The van der Waals surface area contributed by atoms with E-state index in [1.54, 1.807) is 11.3 Å². The van der Waals surface area contributed by atoms with E-state index in [1.165, 1.54) is 23.3 Å². The van der Waals surface area contributed by atoms with Gasteiger partial charge in [0.25, 0.3) is 0 Å². The van der Waals surface area contributed by atoms with E-state index in [1.807, 2.05) is 0 Å². The molecular weight excluding hydrogens is 290 g/mol. The van der Waals surface area contributed by atoms with Crippen LogP contribution in [0.3, 0.4) is 0 Å². The number of hydrogen-bond acceptors (Lipinski definition) is 2. The highest BCUT2D eigenvalue weighted by molar-refractivity contribution is 7.15. The summed E-state index contributed by atoms with van der Waals surface area (Å²) in [6.45, 7) is 4.35. The minimum atomic E-state index is 0.790. The first kappa shape index (κ1) is 15.0. The molecule has 1 N–H and O–H groups in total. The van der Waals surface area contributed by atoms with Crippen LogP contribution in [0.1, 0.15) is 47.5 Å². The zero-order chi connectivity index (χ0) is 15.5. The number of H-pyrrole nitrogens is 1. The summed E-state index contributed by atoms with van der Waals surface area (Å²) < 4.78 is 0. The number of aromatic amines is 1. The highest BCUT2D eigenvalue weighted by Crippen LogP contribution is 2.34. The molecule has 22 heavy (non-hydrogen) atoms. The van der Waals surface area contributed by atoms with Gasteiger partial charge in [-0.15, -0.1) is 11.3 Å². The summed E-state index contributed by atoms with van der Waals surface area (Å²) in [6.07, 6.45) is 5.46. The fraction of sp³-hybridized carbons (Fsp3) is 0.316. The molecule has 0 spiro atoms. The maximum Gasteiger partial charge on any atom is 0.152 e. The third kappa shape index (κ3) is 2.73. The molecule has 1 aromatic carbocycles. The van der Waals surface area contributed by atoms with Gasteiger partial charge in [-0.1, -0.05) is 26.3 Å². The Morgan fingerprint density at radius 3 is 2.73 bits per heavy atom. The number of carbonyl (C=O) groups excluding carboxylic acids is 1. The Hall–Kier alpha value is -1.87. The molecule has 3 rings (SSSR count). The van der Waals surface area contributed by atoms with Crippen LogP contribution >= 0.6 is 11.3 Å². The van der Waals surface area contributed by atoms with Gasteiger partial charge in [-0.3, -0.25) is 4.79 Å². The fourth-order valence-electron chi connectivity index (χ4n) is 2.82. The summed E-state index contributed by atoms with van der Waals surface area (Å²) >= 11 is 1.76. The lowest BCUT2D eigenvalue weighted by molar-refractivity contribution is 0.112. The number of aryl methyl sites for hydroxylation is 2. The molecule has 0 radical (unpaired) electrons. The van der Waals surface area contributed by atoms with Crippen LogP contribution < -0.4 is 0 Å². The smallest absolute Gasteiger partial charge is 0.152 e. The van der Waals surface area contributed by atoms with E-state index in [9.17, 15) is 4.79 Å². The average molecular weight is 311 g/mol. The molecule has 0 atom stereocenters. The molecule has 3 heteroatoms. The first-order valence-corrected chi connectivity index (χ1v) is 8.77. The number of thiophene rings is 1. The SMILES string of the molecule is CCCCc1ccc2[nH]c(-c3ccc(CC)s3)c(C=O)c2c1. The number of hydrogen-bond donors (Lipinski definition) is 1. The van der Waals surface area contributed by atoms with Gasteiger partial charge in [0.2, 0.25) is 0 Å². The van der Waals surface area contributed by atoms with Gasteiger partial charge in [-0.25, -0.2) is 0 Å². The van der Waals surface area contributed by atoms with Crippen LogP contribution in [0.15, 0.2) is 30.3 Å². The van der Waals surface area contributed by atoms with Crippen molar-refractivity contribution in [2.75, 3.05) is 0 Å². The van der Waals surface area contributed by atoms with Crippen molar-refractivity contribution in [2.45, 2.75) is 39.5 Å². The van der Waals surface area contributed by atoms with Gasteiger partial charge >= 0.3 is 0 Å². The van der Waals surface area contributed by atoms with Crippen molar-refractivity contribution < 1.29 is 4.79 Å². The highest BCUT2D eigenvalue weighted by Gasteiger charge is 2.14. The van der Waals surface area contributed by atoms with Gasteiger partial charge in [0.05, 0.1) is 10.6 Å². The van der Waals surface area contributed by atoms with Crippen LogP contribution in [0.4, 0.5) is 0 Å². The second-order valence-corrected chi connectivity index (χ2v) is 6.80. The average Bonchev–Trinajstić information content (AvgIpc) is 3.16. The van der Waals surface area contributed by atoms with E-state index in [4.69, 9.17) is 0 Å². The maximum absolute atomic E-state index is 11.7. The van der Waals surface area contributed by atoms with Gasteiger partial charge in [-0.05, 0) is 49.1 Å². The molecule has 0 aliphatic carbocycles. The van der Waals surface area contributed by atoms with Crippen molar-refractivity contribution >= 4 is 28.5 Å². The van der Waals surface area contributed by atoms with Crippen LogP contribution in [0, 0.1) is 0 Å². The maximum atomic E-state index is 11.7. The van der Waals surface area contributed by atoms with Crippen molar-refractivity contribution in [3.8, 4) is 10.6 Å². The number of fused-ring (bicyclic) bond motifs is 1. The number of benzene rings is 1.